The van der Waals surface area contributed by atoms with Crippen molar-refractivity contribution in [3.63, 3.8) is 0 Å². The maximum absolute atomic E-state index is 14.8. The molecule has 0 spiro atoms. The number of nitrogens with zero attached hydrogens (tertiary/aromatic N) is 2. The standard InChI is InChI=1S/C60H81N7O11/c1-40(61-2)55(69)65-54(42-20-8-7-9-21-42)60(74)66-39-45(38-51(66)57(71)63-48-27-16-22-41-19-10-11-25-46(41)48)78-44-24-17-23-43(37-44)77-36-35-76-34-15-6-5-14-33-75-32-13-4-3-12-31-62-49-28-18-26-47-53(49)59(73)67(58(47)72)50-29-30-52(68)64-56(50)70/h10-11,17-19,23-26,28,37,40,42,45,48,50-51,54,61-62H,3-9,12-16,20-22,27,29-36,38-39H2,1-2H3,(H,63,71)(H,65,69)(H,64,68,70)/t40-,45-,48+,50?,51-,54-/m0/s1. The summed E-state index contributed by atoms with van der Waals surface area (Å²) in [7, 11) is 1.72. The third-order valence-corrected chi connectivity index (χ3v) is 16.0. The van der Waals surface area contributed by atoms with Gasteiger partial charge in [-0.1, -0.05) is 81.3 Å². The van der Waals surface area contributed by atoms with E-state index in [9.17, 15) is 33.6 Å². The Morgan fingerprint density at radius 3 is 2.21 bits per heavy atom. The number of piperidine rings is 1. The molecule has 78 heavy (non-hydrogen) atoms. The molecule has 7 amide bonds. The van der Waals surface area contributed by atoms with Crippen molar-refractivity contribution in [2.75, 3.05) is 58.5 Å². The quantitative estimate of drug-likeness (QED) is 0.0351. The van der Waals surface area contributed by atoms with Gasteiger partial charge in [-0.25, -0.2) is 0 Å². The van der Waals surface area contributed by atoms with Crippen LogP contribution in [0.5, 0.6) is 11.5 Å². The molecular weight excluding hydrogens is 995 g/mol. The van der Waals surface area contributed by atoms with E-state index < -0.39 is 53.9 Å². The van der Waals surface area contributed by atoms with Crippen LogP contribution in [-0.4, -0.2) is 135 Å². The number of benzene rings is 3. The third kappa shape index (κ3) is 15.3. The third-order valence-electron chi connectivity index (χ3n) is 16.0. The first-order valence-electron chi connectivity index (χ1n) is 28.8. The average molecular weight is 1080 g/mol. The number of rotatable bonds is 29. The van der Waals surface area contributed by atoms with Crippen molar-refractivity contribution >= 4 is 47.0 Å². The molecule has 2 aliphatic carbocycles. The fourth-order valence-corrected chi connectivity index (χ4v) is 11.6. The lowest BCUT2D eigenvalue weighted by Crippen LogP contribution is -2.58. The number of anilines is 1. The minimum absolute atomic E-state index is 0.0166. The molecule has 3 fully saturated rings. The molecule has 3 aromatic carbocycles. The summed E-state index contributed by atoms with van der Waals surface area (Å²) >= 11 is 0. The fourth-order valence-electron chi connectivity index (χ4n) is 11.6. The summed E-state index contributed by atoms with van der Waals surface area (Å²) in [4.78, 5) is 95.6. The zero-order chi connectivity index (χ0) is 54.8. The van der Waals surface area contributed by atoms with Crippen molar-refractivity contribution in [1.29, 1.82) is 0 Å². The Morgan fingerprint density at radius 1 is 0.731 bits per heavy atom. The number of aryl methyl sites for hydroxylation is 1. The number of hydrogen-bond acceptors (Lipinski definition) is 13. The molecule has 18 heteroatoms. The maximum atomic E-state index is 14.8. The van der Waals surface area contributed by atoms with E-state index in [1.54, 1.807) is 37.1 Å². The van der Waals surface area contributed by atoms with Crippen LogP contribution in [0.25, 0.3) is 0 Å². The van der Waals surface area contributed by atoms with Crippen molar-refractivity contribution in [3.8, 4) is 11.5 Å². The Hall–Kier alpha value is -6.37. The van der Waals surface area contributed by atoms with Gasteiger partial charge in [0.2, 0.25) is 29.5 Å². The van der Waals surface area contributed by atoms with Gasteiger partial charge < -0.3 is 45.1 Å². The largest absolute Gasteiger partial charge is 0.491 e. The van der Waals surface area contributed by atoms with E-state index in [0.717, 1.165) is 120 Å². The van der Waals surface area contributed by atoms with Crippen LogP contribution in [0.1, 0.15) is 160 Å². The maximum Gasteiger partial charge on any atom is 0.264 e. The van der Waals surface area contributed by atoms with Crippen LogP contribution < -0.4 is 36.1 Å². The first kappa shape index (κ1) is 57.8. The molecule has 5 aliphatic rings. The van der Waals surface area contributed by atoms with Gasteiger partial charge in [-0.15, -0.1) is 0 Å². The summed E-state index contributed by atoms with van der Waals surface area (Å²) in [5.74, 6) is -1.52. The minimum atomic E-state index is -0.990. The number of hydrogen-bond donors (Lipinski definition) is 5. The number of carbonyl (C=O) groups is 7. The second kappa shape index (κ2) is 29.0. The predicted octanol–water partition coefficient (Wildman–Crippen LogP) is 6.95. The number of likely N-dealkylation sites (N-methyl/N-ethyl adjacent to an activating group) is 1. The van der Waals surface area contributed by atoms with Crippen LogP contribution in [0.15, 0.2) is 66.7 Å². The molecule has 6 atom stereocenters. The number of nitrogens with one attached hydrogen (secondary N) is 5. The number of ether oxygens (including phenoxy) is 4. The van der Waals surface area contributed by atoms with E-state index in [4.69, 9.17) is 18.9 Å². The van der Waals surface area contributed by atoms with Crippen LogP contribution in [0.3, 0.4) is 0 Å². The molecule has 3 aliphatic heterocycles. The number of fused-ring (bicyclic) bond motifs is 2. The monoisotopic (exact) mass is 1080 g/mol. The zero-order valence-electron chi connectivity index (χ0n) is 45.7. The van der Waals surface area contributed by atoms with Gasteiger partial charge in [0.25, 0.3) is 11.8 Å². The number of imide groups is 2. The first-order chi connectivity index (χ1) is 38.0. The number of amides is 7. The van der Waals surface area contributed by atoms with Gasteiger partial charge in [-0.05, 0) is 119 Å². The van der Waals surface area contributed by atoms with Gasteiger partial charge >= 0.3 is 0 Å². The van der Waals surface area contributed by atoms with Crippen molar-refractivity contribution in [2.45, 2.75) is 165 Å². The Balaban J connectivity index is 0.696. The summed E-state index contributed by atoms with van der Waals surface area (Å²) in [6.07, 6.45) is 15.5. The molecule has 422 valence electrons. The highest BCUT2D eigenvalue weighted by Gasteiger charge is 2.47. The van der Waals surface area contributed by atoms with Crippen molar-refractivity contribution in [3.05, 3.63) is 89.0 Å². The second-order valence-corrected chi connectivity index (χ2v) is 21.5. The first-order valence-corrected chi connectivity index (χ1v) is 28.8. The van der Waals surface area contributed by atoms with Gasteiger partial charge in [0.05, 0.1) is 36.4 Å². The molecule has 3 heterocycles. The Kier molecular flexibility index (Phi) is 21.5. The van der Waals surface area contributed by atoms with Crippen LogP contribution in [-0.2, 0) is 39.9 Å². The molecule has 0 radical (unpaired) electrons. The SMILES string of the molecule is CN[C@@H](C)C(=O)N[C@H](C(=O)N1C[C@@H](Oc2cccc(OCCOCCCCCCOCCCCCCNc3cccc4c3C(=O)N(C3CCC(=O)NC3=O)C4=O)c2)C[C@H]1C(=O)N[C@@H]1CCCc2ccccc21)C1CCCCC1. The van der Waals surface area contributed by atoms with E-state index in [1.807, 2.05) is 36.4 Å². The molecule has 5 N–H and O–H groups in total. The smallest absolute Gasteiger partial charge is 0.264 e. The average Bonchev–Trinajstić information content (AvgIpc) is 4.04. The molecule has 1 unspecified atom stereocenters. The van der Waals surface area contributed by atoms with Gasteiger partial charge in [0.15, 0.2) is 0 Å². The van der Waals surface area contributed by atoms with E-state index in [-0.39, 0.29) is 60.2 Å². The van der Waals surface area contributed by atoms with Crippen LogP contribution >= 0.6 is 0 Å². The topological polar surface area (TPSA) is 223 Å². The molecule has 3 aromatic rings. The van der Waals surface area contributed by atoms with Crippen LogP contribution in [0.2, 0.25) is 0 Å². The molecular formula is C60H81N7O11. The van der Waals surface area contributed by atoms with Crippen molar-refractivity contribution in [2.24, 2.45) is 5.92 Å². The van der Waals surface area contributed by atoms with Gasteiger partial charge in [0.1, 0.15) is 42.3 Å². The van der Waals surface area contributed by atoms with Gasteiger partial charge in [0, 0.05) is 51.0 Å². The minimum Gasteiger partial charge on any atom is -0.491 e. The Labute approximate surface area is 459 Å². The number of likely N-dealkylation sites (tertiary alicyclic amines) is 1. The highest BCUT2D eigenvalue weighted by molar-refractivity contribution is 6.25. The lowest BCUT2D eigenvalue weighted by atomic mass is 9.83. The summed E-state index contributed by atoms with van der Waals surface area (Å²) in [6, 6.07) is 17.6. The number of unbranched alkanes of at least 4 members (excludes halogenated alkanes) is 6. The van der Waals surface area contributed by atoms with E-state index in [1.165, 1.54) is 5.56 Å². The van der Waals surface area contributed by atoms with Crippen LogP contribution in [0, 0.1) is 5.92 Å². The summed E-state index contributed by atoms with van der Waals surface area (Å²) in [5.41, 5.74) is 3.48. The second-order valence-electron chi connectivity index (χ2n) is 21.5. The lowest BCUT2D eigenvalue weighted by Gasteiger charge is -2.35. The number of carbonyl (C=O) groups excluding carboxylic acids is 7. The summed E-state index contributed by atoms with van der Waals surface area (Å²) < 4.78 is 24.4. The highest BCUT2D eigenvalue weighted by atomic mass is 16.5. The normalized spacial score (nSPS) is 21.1. The summed E-state index contributed by atoms with van der Waals surface area (Å²) in [5, 5.41) is 14.9. The van der Waals surface area contributed by atoms with Gasteiger partial charge in [-0.3, -0.25) is 43.8 Å². The molecule has 18 nitrogen and oxygen atoms in total. The lowest BCUT2D eigenvalue weighted by molar-refractivity contribution is -0.143. The highest BCUT2D eigenvalue weighted by Crippen LogP contribution is 2.35. The zero-order valence-corrected chi connectivity index (χ0v) is 45.7. The van der Waals surface area contributed by atoms with Crippen molar-refractivity contribution < 1.29 is 52.5 Å². The van der Waals surface area contributed by atoms with E-state index >= 15 is 0 Å². The van der Waals surface area contributed by atoms with E-state index in [0.29, 0.717) is 56.6 Å². The van der Waals surface area contributed by atoms with Crippen LogP contribution in [0.4, 0.5) is 5.69 Å². The molecule has 8 rings (SSSR count). The Bertz CT molecular complexity index is 2550. The van der Waals surface area contributed by atoms with Crippen molar-refractivity contribution in [1.82, 2.24) is 31.1 Å². The van der Waals surface area contributed by atoms with Gasteiger partial charge in [-0.2, -0.15) is 0 Å². The van der Waals surface area contributed by atoms with E-state index in [2.05, 4.69) is 38.7 Å². The fraction of sp³-hybridized carbons (Fsp3) is 0.583. The molecule has 0 bridgehead atoms. The molecule has 1 saturated carbocycles. The summed E-state index contributed by atoms with van der Waals surface area (Å²) in [6.45, 7) is 5.51. The molecule has 0 aromatic heterocycles. The molecule has 2 saturated heterocycles. The predicted molar refractivity (Wildman–Crippen MR) is 294 cm³/mol. The Morgan fingerprint density at radius 2 is 1.45 bits per heavy atom.